The van der Waals surface area contributed by atoms with Gasteiger partial charge in [0, 0.05) is 13.6 Å². The van der Waals surface area contributed by atoms with Crippen LogP contribution < -0.4 is 0 Å². The maximum atomic E-state index is 12.2. The van der Waals surface area contributed by atoms with Crippen molar-refractivity contribution in [2.75, 3.05) is 13.6 Å². The van der Waals surface area contributed by atoms with E-state index in [2.05, 4.69) is 0 Å². The van der Waals surface area contributed by atoms with Crippen LogP contribution in [0.2, 0.25) is 0 Å². The number of aryl methyl sites for hydroxylation is 1. The molecule has 21 heavy (non-hydrogen) atoms. The van der Waals surface area contributed by atoms with Crippen LogP contribution in [0.1, 0.15) is 24.5 Å². The van der Waals surface area contributed by atoms with Crippen LogP contribution in [-0.4, -0.2) is 37.6 Å². The van der Waals surface area contributed by atoms with Gasteiger partial charge in [-0.2, -0.15) is 13.2 Å². The lowest BCUT2D eigenvalue weighted by atomic mass is 10.1. The van der Waals surface area contributed by atoms with Crippen molar-refractivity contribution in [3.63, 3.8) is 0 Å². The molecule has 0 unspecified atom stereocenters. The number of alkyl halides is 3. The highest BCUT2D eigenvalue weighted by Crippen LogP contribution is 2.23. The van der Waals surface area contributed by atoms with Crippen molar-refractivity contribution < 1.29 is 26.7 Å². The first-order valence-corrected chi connectivity index (χ1v) is 7.81. The summed E-state index contributed by atoms with van der Waals surface area (Å²) in [6.07, 6.45) is -4.99. The number of hydrogen-bond donors (Lipinski definition) is 1. The summed E-state index contributed by atoms with van der Waals surface area (Å²) in [6, 6.07) is 4.21. The first-order chi connectivity index (χ1) is 9.61. The Bertz CT molecular complexity index is 585. The Morgan fingerprint density at radius 1 is 1.24 bits per heavy atom. The van der Waals surface area contributed by atoms with E-state index in [4.69, 9.17) is 0 Å². The van der Waals surface area contributed by atoms with Crippen LogP contribution in [0.5, 0.6) is 0 Å². The molecule has 120 valence electrons. The Morgan fingerprint density at radius 3 is 2.33 bits per heavy atom. The maximum absolute atomic E-state index is 12.2. The van der Waals surface area contributed by atoms with Crippen molar-refractivity contribution in [1.29, 1.82) is 0 Å². The highest BCUT2D eigenvalue weighted by molar-refractivity contribution is 7.89. The van der Waals surface area contributed by atoms with Crippen molar-refractivity contribution in [1.82, 2.24) is 4.31 Å². The predicted molar refractivity (Wildman–Crippen MR) is 72.2 cm³/mol. The highest BCUT2D eigenvalue weighted by atomic mass is 32.2. The summed E-state index contributed by atoms with van der Waals surface area (Å²) in [6.45, 7) is 0.896. The highest BCUT2D eigenvalue weighted by Gasteiger charge is 2.30. The van der Waals surface area contributed by atoms with Crippen LogP contribution in [0.15, 0.2) is 23.1 Å². The molecule has 0 aliphatic rings. The number of rotatable bonds is 6. The molecule has 1 aromatic carbocycles. The molecule has 1 rings (SSSR count). The molecule has 1 aromatic rings. The molecule has 0 aliphatic heterocycles. The van der Waals surface area contributed by atoms with E-state index in [0.717, 1.165) is 12.6 Å². The molecule has 0 radical (unpaired) electrons. The van der Waals surface area contributed by atoms with Crippen LogP contribution in [0, 0.1) is 0 Å². The van der Waals surface area contributed by atoms with E-state index in [1.54, 1.807) is 6.07 Å². The summed E-state index contributed by atoms with van der Waals surface area (Å²) in [5.74, 6) is 0. The van der Waals surface area contributed by atoms with E-state index in [0.29, 0.717) is 16.3 Å². The first-order valence-electron chi connectivity index (χ1n) is 6.37. The van der Waals surface area contributed by atoms with Crippen molar-refractivity contribution in [2.45, 2.75) is 37.4 Å². The first kappa shape index (κ1) is 17.9. The largest absolute Gasteiger partial charge is 0.392 e. The lowest BCUT2D eigenvalue weighted by Gasteiger charge is -2.19. The Kier molecular flexibility index (Phi) is 5.77. The number of aliphatic hydroxyl groups excluding tert-OH is 1. The SMILES string of the molecule is CCc1ccc(S(=O)(=O)N(C)CCC(F)(F)F)cc1CO. The third-order valence-corrected chi connectivity index (χ3v) is 5.00. The van der Waals surface area contributed by atoms with E-state index < -0.39 is 29.2 Å². The molecular formula is C13H18F3NO3S. The predicted octanol–water partition coefficient (Wildman–Crippen LogP) is 2.31. The minimum Gasteiger partial charge on any atom is -0.392 e. The smallest absolute Gasteiger partial charge is 0.390 e. The Hall–Kier alpha value is -1.12. The molecule has 0 fully saturated rings. The van der Waals surface area contributed by atoms with E-state index >= 15 is 0 Å². The molecule has 0 saturated carbocycles. The van der Waals surface area contributed by atoms with Gasteiger partial charge >= 0.3 is 6.18 Å². The van der Waals surface area contributed by atoms with Gasteiger partial charge in [0.2, 0.25) is 10.0 Å². The average Bonchev–Trinajstić information content (AvgIpc) is 2.42. The normalized spacial score (nSPS) is 12.9. The molecule has 0 heterocycles. The molecule has 0 spiro atoms. The fraction of sp³-hybridized carbons (Fsp3) is 0.538. The molecule has 4 nitrogen and oxygen atoms in total. The lowest BCUT2D eigenvalue weighted by molar-refractivity contribution is -0.135. The lowest BCUT2D eigenvalue weighted by Crippen LogP contribution is -2.30. The minimum atomic E-state index is -4.41. The van der Waals surface area contributed by atoms with Gasteiger partial charge < -0.3 is 5.11 Å². The van der Waals surface area contributed by atoms with Gasteiger partial charge in [0.15, 0.2) is 0 Å². The molecule has 0 saturated heterocycles. The fourth-order valence-corrected chi connectivity index (χ4v) is 3.06. The Balaban J connectivity index is 3.02. The van der Waals surface area contributed by atoms with Crippen molar-refractivity contribution in [2.24, 2.45) is 0 Å². The van der Waals surface area contributed by atoms with Crippen molar-refractivity contribution in [3.05, 3.63) is 29.3 Å². The minimum absolute atomic E-state index is 0.117. The standard InChI is InChI=1S/C13H18F3NO3S/c1-3-10-4-5-12(8-11(10)9-18)21(19,20)17(2)7-6-13(14,15)16/h4-5,8,18H,3,6-7,9H2,1-2H3. The summed E-state index contributed by atoms with van der Waals surface area (Å²) in [4.78, 5) is -0.117. The number of aliphatic hydroxyl groups is 1. The fourth-order valence-electron chi connectivity index (χ4n) is 1.84. The monoisotopic (exact) mass is 325 g/mol. The van der Waals surface area contributed by atoms with E-state index in [1.165, 1.54) is 12.1 Å². The van der Waals surface area contributed by atoms with E-state index in [1.807, 2.05) is 6.92 Å². The summed E-state index contributed by atoms with van der Waals surface area (Å²) in [7, 11) is -2.89. The van der Waals surface area contributed by atoms with Crippen LogP contribution in [-0.2, 0) is 23.1 Å². The quantitative estimate of drug-likeness (QED) is 0.873. The van der Waals surface area contributed by atoms with Gasteiger partial charge in [-0.1, -0.05) is 13.0 Å². The molecule has 0 amide bonds. The van der Waals surface area contributed by atoms with Gasteiger partial charge in [-0.25, -0.2) is 12.7 Å². The summed E-state index contributed by atoms with van der Waals surface area (Å²) >= 11 is 0. The third kappa shape index (κ3) is 4.69. The molecule has 0 bridgehead atoms. The number of hydrogen-bond acceptors (Lipinski definition) is 3. The summed E-state index contributed by atoms with van der Waals surface area (Å²) in [5.41, 5.74) is 1.26. The van der Waals surface area contributed by atoms with E-state index in [9.17, 15) is 26.7 Å². The molecule has 0 aliphatic carbocycles. The van der Waals surface area contributed by atoms with Crippen molar-refractivity contribution in [3.8, 4) is 0 Å². The molecule has 0 aromatic heterocycles. The second kappa shape index (κ2) is 6.76. The Morgan fingerprint density at radius 2 is 1.86 bits per heavy atom. The van der Waals surface area contributed by atoms with Gasteiger partial charge in [-0.15, -0.1) is 0 Å². The van der Waals surface area contributed by atoms with Gasteiger partial charge in [0.1, 0.15) is 0 Å². The number of sulfonamides is 1. The zero-order valence-electron chi connectivity index (χ0n) is 11.8. The molecular weight excluding hydrogens is 307 g/mol. The molecule has 1 N–H and O–H groups in total. The second-order valence-corrected chi connectivity index (χ2v) is 6.68. The molecule has 8 heteroatoms. The maximum Gasteiger partial charge on any atom is 0.390 e. The second-order valence-electron chi connectivity index (χ2n) is 4.63. The molecule has 0 atom stereocenters. The summed E-state index contributed by atoms with van der Waals surface area (Å²) < 4.78 is 61.6. The van der Waals surface area contributed by atoms with Crippen LogP contribution in [0.25, 0.3) is 0 Å². The van der Waals surface area contributed by atoms with E-state index in [-0.39, 0.29) is 11.5 Å². The average molecular weight is 325 g/mol. The zero-order chi connectivity index (χ0) is 16.3. The van der Waals surface area contributed by atoms with Crippen LogP contribution in [0.4, 0.5) is 13.2 Å². The number of nitrogens with zero attached hydrogens (tertiary/aromatic N) is 1. The third-order valence-electron chi connectivity index (χ3n) is 3.15. The number of benzene rings is 1. The Labute approximate surface area is 122 Å². The van der Waals surface area contributed by atoms with Gasteiger partial charge in [-0.3, -0.25) is 0 Å². The topological polar surface area (TPSA) is 57.6 Å². The zero-order valence-corrected chi connectivity index (χ0v) is 12.6. The van der Waals surface area contributed by atoms with Crippen molar-refractivity contribution >= 4 is 10.0 Å². The van der Waals surface area contributed by atoms with Crippen LogP contribution >= 0.6 is 0 Å². The van der Waals surface area contributed by atoms with Gasteiger partial charge in [0.25, 0.3) is 0 Å². The van der Waals surface area contributed by atoms with Gasteiger partial charge in [-0.05, 0) is 29.7 Å². The number of halogens is 3. The van der Waals surface area contributed by atoms with Gasteiger partial charge in [0.05, 0.1) is 17.9 Å². The summed E-state index contributed by atoms with van der Waals surface area (Å²) in [5, 5.41) is 9.23. The van der Waals surface area contributed by atoms with Crippen LogP contribution in [0.3, 0.4) is 0 Å².